The van der Waals surface area contributed by atoms with Crippen molar-refractivity contribution in [3.63, 3.8) is 0 Å². The van der Waals surface area contributed by atoms with E-state index in [0.29, 0.717) is 12.0 Å². The fourth-order valence-corrected chi connectivity index (χ4v) is 3.15. The van der Waals surface area contributed by atoms with Gasteiger partial charge in [-0.1, -0.05) is 0 Å². The van der Waals surface area contributed by atoms with E-state index in [2.05, 4.69) is 31.9 Å². The maximum atomic E-state index is 5.90. The molecule has 0 bridgehead atoms. The zero-order chi connectivity index (χ0) is 12.4. The van der Waals surface area contributed by atoms with Crippen molar-refractivity contribution in [2.75, 3.05) is 37.8 Å². The fourth-order valence-electron chi connectivity index (χ4n) is 2.65. The van der Waals surface area contributed by atoms with Crippen LogP contribution in [0.1, 0.15) is 6.42 Å². The number of hydrogen-bond donors (Lipinski definition) is 0. The number of anilines is 1. The second-order valence-corrected chi connectivity index (χ2v) is 5.66. The average Bonchev–Trinajstić information content (AvgIpc) is 2.93. The van der Waals surface area contributed by atoms with Crippen LogP contribution in [0.5, 0.6) is 0 Å². The molecule has 3 rings (SSSR count). The van der Waals surface area contributed by atoms with E-state index >= 15 is 0 Å². The van der Waals surface area contributed by atoms with Crippen molar-refractivity contribution in [2.45, 2.75) is 12.5 Å². The molecule has 2 atom stereocenters. The Balaban J connectivity index is 1.72. The molecule has 0 N–H and O–H groups in total. The molecule has 0 aliphatic carbocycles. The molecule has 0 spiro atoms. The summed E-state index contributed by atoms with van der Waals surface area (Å²) in [6, 6.07) is 2.05. The lowest BCUT2D eigenvalue weighted by molar-refractivity contribution is -0.00128. The maximum absolute atomic E-state index is 5.90. The highest BCUT2D eigenvalue weighted by Crippen LogP contribution is 2.29. The molecule has 3 heterocycles. The van der Waals surface area contributed by atoms with Gasteiger partial charge in [-0.15, -0.1) is 0 Å². The normalized spacial score (nSPS) is 28.6. The van der Waals surface area contributed by atoms with Crippen LogP contribution in [0.2, 0.25) is 0 Å². The zero-order valence-electron chi connectivity index (χ0n) is 10.2. The van der Waals surface area contributed by atoms with Crippen molar-refractivity contribution >= 4 is 21.6 Å². The van der Waals surface area contributed by atoms with Gasteiger partial charge in [-0.3, -0.25) is 4.98 Å². The average molecular weight is 313 g/mol. The van der Waals surface area contributed by atoms with Gasteiger partial charge in [-0.25, -0.2) is 0 Å². The molecule has 5 heteroatoms. The van der Waals surface area contributed by atoms with Gasteiger partial charge in [0, 0.05) is 38.0 Å². The molecule has 1 aromatic heterocycles. The Morgan fingerprint density at radius 3 is 3.11 bits per heavy atom. The summed E-state index contributed by atoms with van der Waals surface area (Å²) in [4.78, 5) is 6.48. The van der Waals surface area contributed by atoms with E-state index in [4.69, 9.17) is 9.47 Å². The third-order valence-corrected chi connectivity index (χ3v) is 4.29. The topological polar surface area (TPSA) is 34.6 Å². The zero-order valence-corrected chi connectivity index (χ0v) is 11.8. The van der Waals surface area contributed by atoms with E-state index in [1.807, 2.05) is 12.4 Å². The standard InChI is InChI=1S/C13H17BrN2O2/c14-11-7-15-3-1-12(11)16-4-6-18-13(8-16)10-2-5-17-9-10/h1,3,7,10,13H,2,4-6,8-9H2. The molecule has 2 aliphatic rings. The Morgan fingerprint density at radius 2 is 2.33 bits per heavy atom. The minimum absolute atomic E-state index is 0.293. The summed E-state index contributed by atoms with van der Waals surface area (Å²) in [6.07, 6.45) is 5.10. The van der Waals surface area contributed by atoms with Crippen LogP contribution in [0.15, 0.2) is 22.9 Å². The Hall–Kier alpha value is -0.650. The molecule has 0 amide bonds. The van der Waals surface area contributed by atoms with Gasteiger partial charge in [0.15, 0.2) is 0 Å². The van der Waals surface area contributed by atoms with E-state index in [9.17, 15) is 0 Å². The highest BCUT2D eigenvalue weighted by molar-refractivity contribution is 9.10. The molecule has 2 saturated heterocycles. The number of rotatable bonds is 2. The van der Waals surface area contributed by atoms with E-state index in [-0.39, 0.29) is 0 Å². The van der Waals surface area contributed by atoms with Crippen LogP contribution >= 0.6 is 15.9 Å². The van der Waals surface area contributed by atoms with Gasteiger partial charge in [-0.05, 0) is 28.4 Å². The summed E-state index contributed by atoms with van der Waals surface area (Å²) >= 11 is 3.57. The Bertz CT molecular complexity index is 410. The predicted octanol–water partition coefficient (Wildman–Crippen LogP) is 2.09. The van der Waals surface area contributed by atoms with E-state index in [1.165, 1.54) is 5.69 Å². The first-order valence-electron chi connectivity index (χ1n) is 6.38. The molecule has 18 heavy (non-hydrogen) atoms. The molecule has 98 valence electrons. The van der Waals surface area contributed by atoms with Crippen molar-refractivity contribution in [1.29, 1.82) is 0 Å². The van der Waals surface area contributed by atoms with Crippen LogP contribution in [-0.4, -0.2) is 44.0 Å². The van der Waals surface area contributed by atoms with Crippen LogP contribution in [0, 0.1) is 5.92 Å². The minimum Gasteiger partial charge on any atom is -0.381 e. The monoisotopic (exact) mass is 312 g/mol. The second-order valence-electron chi connectivity index (χ2n) is 4.81. The van der Waals surface area contributed by atoms with E-state index in [0.717, 1.165) is 43.8 Å². The Kier molecular flexibility index (Phi) is 3.82. The molecule has 0 saturated carbocycles. The molecule has 0 aromatic carbocycles. The number of nitrogens with zero attached hydrogens (tertiary/aromatic N) is 2. The molecular weight excluding hydrogens is 296 g/mol. The minimum atomic E-state index is 0.293. The maximum Gasteiger partial charge on any atom is 0.0801 e. The number of halogens is 1. The molecule has 1 aromatic rings. The van der Waals surface area contributed by atoms with Crippen molar-refractivity contribution in [1.82, 2.24) is 4.98 Å². The van der Waals surface area contributed by atoms with Gasteiger partial charge >= 0.3 is 0 Å². The van der Waals surface area contributed by atoms with Crippen molar-refractivity contribution < 1.29 is 9.47 Å². The smallest absolute Gasteiger partial charge is 0.0801 e. The first kappa shape index (κ1) is 12.4. The van der Waals surface area contributed by atoms with Crippen LogP contribution in [0.3, 0.4) is 0 Å². The number of pyridine rings is 1. The van der Waals surface area contributed by atoms with Crippen molar-refractivity contribution in [3.8, 4) is 0 Å². The summed E-state index contributed by atoms with van der Waals surface area (Å²) in [5.74, 6) is 0.549. The van der Waals surface area contributed by atoms with Gasteiger partial charge in [-0.2, -0.15) is 0 Å². The number of ether oxygens (including phenoxy) is 2. The quantitative estimate of drug-likeness (QED) is 0.837. The molecular formula is C13H17BrN2O2. The van der Waals surface area contributed by atoms with Gasteiger partial charge in [0.2, 0.25) is 0 Å². The van der Waals surface area contributed by atoms with Crippen LogP contribution < -0.4 is 4.90 Å². The Morgan fingerprint density at radius 1 is 1.39 bits per heavy atom. The van der Waals surface area contributed by atoms with Gasteiger partial charge in [0.25, 0.3) is 0 Å². The lowest BCUT2D eigenvalue weighted by Gasteiger charge is -2.37. The first-order valence-corrected chi connectivity index (χ1v) is 7.17. The molecule has 0 radical (unpaired) electrons. The van der Waals surface area contributed by atoms with Crippen LogP contribution in [0.25, 0.3) is 0 Å². The summed E-state index contributed by atoms with van der Waals surface area (Å²) in [5, 5.41) is 0. The van der Waals surface area contributed by atoms with Crippen LogP contribution in [-0.2, 0) is 9.47 Å². The fraction of sp³-hybridized carbons (Fsp3) is 0.615. The van der Waals surface area contributed by atoms with E-state index < -0.39 is 0 Å². The SMILES string of the molecule is Brc1cnccc1N1CCOC(C2CCOC2)C1. The highest BCUT2D eigenvalue weighted by Gasteiger charge is 2.31. The summed E-state index contributed by atoms with van der Waals surface area (Å²) in [6.45, 7) is 4.39. The Labute approximate surface area is 115 Å². The summed E-state index contributed by atoms with van der Waals surface area (Å²) in [5.41, 5.74) is 1.21. The lowest BCUT2D eigenvalue weighted by atomic mass is 10.00. The predicted molar refractivity (Wildman–Crippen MR) is 72.8 cm³/mol. The van der Waals surface area contributed by atoms with Gasteiger partial charge in [0.1, 0.15) is 0 Å². The third kappa shape index (κ3) is 2.53. The highest BCUT2D eigenvalue weighted by atomic mass is 79.9. The van der Waals surface area contributed by atoms with Crippen molar-refractivity contribution in [3.05, 3.63) is 22.9 Å². The van der Waals surface area contributed by atoms with Gasteiger partial charge in [0.05, 0.1) is 29.5 Å². The largest absolute Gasteiger partial charge is 0.381 e. The number of morpholine rings is 1. The van der Waals surface area contributed by atoms with Crippen molar-refractivity contribution in [2.24, 2.45) is 5.92 Å². The molecule has 2 aliphatic heterocycles. The number of aromatic nitrogens is 1. The molecule has 2 unspecified atom stereocenters. The molecule has 4 nitrogen and oxygen atoms in total. The second kappa shape index (κ2) is 5.55. The molecule has 2 fully saturated rings. The third-order valence-electron chi connectivity index (χ3n) is 3.68. The van der Waals surface area contributed by atoms with Gasteiger partial charge < -0.3 is 14.4 Å². The summed E-state index contributed by atoms with van der Waals surface area (Å²) < 4.78 is 12.4. The van der Waals surface area contributed by atoms with Crippen LogP contribution in [0.4, 0.5) is 5.69 Å². The summed E-state index contributed by atoms with van der Waals surface area (Å²) in [7, 11) is 0. The first-order chi connectivity index (χ1) is 8.84. The lowest BCUT2D eigenvalue weighted by Crippen LogP contribution is -2.46. The number of hydrogen-bond acceptors (Lipinski definition) is 4. The van der Waals surface area contributed by atoms with E-state index in [1.54, 1.807) is 0 Å².